The number of benzene rings is 1. The van der Waals surface area contributed by atoms with Crippen LogP contribution >= 0.6 is 0 Å². The Balaban J connectivity index is 2.34. The maximum absolute atomic E-state index is 11.4. The Bertz CT molecular complexity index is 522. The van der Waals surface area contributed by atoms with E-state index in [0.29, 0.717) is 5.56 Å². The second kappa shape index (κ2) is 7.57. The molecule has 7 heteroatoms. The van der Waals surface area contributed by atoms with Crippen LogP contribution in [0.15, 0.2) is 30.3 Å². The predicted molar refractivity (Wildman–Crippen MR) is 70.8 cm³/mol. The maximum Gasteiger partial charge on any atom is 0.322 e. The molecule has 0 aliphatic rings. The van der Waals surface area contributed by atoms with Crippen molar-refractivity contribution in [3.63, 3.8) is 0 Å². The van der Waals surface area contributed by atoms with Gasteiger partial charge in [0.15, 0.2) is 0 Å². The normalized spacial score (nSPS) is 10.2. The van der Waals surface area contributed by atoms with Crippen molar-refractivity contribution in [1.29, 1.82) is 0 Å². The van der Waals surface area contributed by atoms with Crippen LogP contribution in [0, 0.1) is 0 Å². The highest BCUT2D eigenvalue weighted by Crippen LogP contribution is 2.10. The number of nitrogens with one attached hydrogen (secondary N) is 2. The number of amides is 2. The fourth-order valence-electron chi connectivity index (χ4n) is 1.22. The highest BCUT2D eigenvalue weighted by atomic mass is 16.4. The average Bonchev–Trinajstić information content (AvgIpc) is 2.42. The number of phenolic OH excluding ortho intramolecular Hbond substituents is 1. The molecule has 4 N–H and O–H groups in total. The van der Waals surface area contributed by atoms with Gasteiger partial charge in [0.25, 0.3) is 0 Å². The largest absolute Gasteiger partial charge is 0.508 e. The van der Waals surface area contributed by atoms with Crippen molar-refractivity contribution < 1.29 is 24.6 Å². The van der Waals surface area contributed by atoms with Crippen molar-refractivity contribution in [1.82, 2.24) is 10.6 Å². The minimum Gasteiger partial charge on any atom is -0.508 e. The predicted octanol–water partition coefficient (Wildman–Crippen LogP) is -0.278. The van der Waals surface area contributed by atoms with Crippen molar-refractivity contribution in [3.8, 4) is 5.75 Å². The minimum absolute atomic E-state index is 0.127. The van der Waals surface area contributed by atoms with Crippen molar-refractivity contribution in [3.05, 3.63) is 35.9 Å². The Labute approximate surface area is 114 Å². The molecule has 0 aliphatic carbocycles. The summed E-state index contributed by atoms with van der Waals surface area (Å²) in [6, 6.07) is 6.21. The molecule has 7 nitrogen and oxygen atoms in total. The third kappa shape index (κ3) is 6.20. The molecule has 0 bridgehead atoms. The molecule has 1 rings (SSSR count). The Morgan fingerprint density at radius 2 is 1.70 bits per heavy atom. The number of carboxylic acid groups (broad SMARTS) is 1. The molecule has 0 aliphatic heterocycles. The number of carbonyl (C=O) groups is 3. The number of carboxylic acids is 1. The molecule has 0 fully saturated rings. The maximum atomic E-state index is 11.4. The first-order valence-corrected chi connectivity index (χ1v) is 5.71. The molecule has 2 amide bonds. The number of phenols is 1. The number of aromatic hydroxyl groups is 1. The number of rotatable bonds is 6. The Kier molecular flexibility index (Phi) is 5.76. The first-order chi connectivity index (χ1) is 9.47. The third-order valence-corrected chi connectivity index (χ3v) is 2.18. The van der Waals surface area contributed by atoms with Gasteiger partial charge in [-0.2, -0.15) is 0 Å². The Morgan fingerprint density at radius 3 is 2.30 bits per heavy atom. The van der Waals surface area contributed by atoms with E-state index in [9.17, 15) is 14.4 Å². The SMILES string of the molecule is O=C(O)CNC(=O)CNC(=O)/C=C/c1ccc(O)cc1. The fourth-order valence-corrected chi connectivity index (χ4v) is 1.22. The summed E-state index contributed by atoms with van der Waals surface area (Å²) in [6.45, 7) is -0.788. The highest BCUT2D eigenvalue weighted by molar-refractivity contribution is 5.94. The van der Waals surface area contributed by atoms with Gasteiger partial charge < -0.3 is 20.8 Å². The lowest BCUT2D eigenvalue weighted by Crippen LogP contribution is -2.38. The first-order valence-electron chi connectivity index (χ1n) is 5.71. The zero-order valence-corrected chi connectivity index (χ0v) is 10.5. The lowest BCUT2D eigenvalue weighted by Gasteiger charge is -2.02. The topological polar surface area (TPSA) is 116 Å². The van der Waals surface area contributed by atoms with E-state index in [1.165, 1.54) is 24.3 Å². The van der Waals surface area contributed by atoms with Gasteiger partial charge in [-0.1, -0.05) is 12.1 Å². The summed E-state index contributed by atoms with van der Waals surface area (Å²) in [5, 5.41) is 21.8. The summed E-state index contributed by atoms with van der Waals surface area (Å²) in [5.74, 6) is -2.10. The molecule has 0 unspecified atom stereocenters. The molecule has 1 aromatic carbocycles. The van der Waals surface area contributed by atoms with Crippen LogP contribution < -0.4 is 10.6 Å². The molecule has 0 heterocycles. The van der Waals surface area contributed by atoms with Gasteiger partial charge in [-0.25, -0.2) is 0 Å². The van der Waals surface area contributed by atoms with Gasteiger partial charge >= 0.3 is 5.97 Å². The molecule has 0 saturated heterocycles. The van der Waals surface area contributed by atoms with Crippen LogP contribution in [0.25, 0.3) is 6.08 Å². The minimum atomic E-state index is -1.16. The van der Waals surface area contributed by atoms with Crippen LogP contribution in [-0.2, 0) is 14.4 Å². The molecule has 20 heavy (non-hydrogen) atoms. The molecule has 0 atom stereocenters. The van der Waals surface area contributed by atoms with Gasteiger partial charge in [0.05, 0.1) is 6.54 Å². The summed E-state index contributed by atoms with van der Waals surface area (Å²) < 4.78 is 0. The molecule has 0 spiro atoms. The van der Waals surface area contributed by atoms with Crippen molar-refractivity contribution in [2.75, 3.05) is 13.1 Å². The van der Waals surface area contributed by atoms with Gasteiger partial charge in [-0.15, -0.1) is 0 Å². The van der Waals surface area contributed by atoms with E-state index in [0.717, 1.165) is 0 Å². The summed E-state index contributed by atoms with van der Waals surface area (Å²) >= 11 is 0. The fraction of sp³-hybridized carbons (Fsp3) is 0.154. The number of aliphatic carboxylic acids is 1. The number of carbonyl (C=O) groups excluding carboxylic acids is 2. The lowest BCUT2D eigenvalue weighted by molar-refractivity contribution is -0.137. The highest BCUT2D eigenvalue weighted by Gasteiger charge is 2.04. The second-order valence-electron chi connectivity index (χ2n) is 3.81. The quantitative estimate of drug-likeness (QED) is 0.534. The molecule has 0 radical (unpaired) electrons. The standard InChI is InChI=1S/C13H14N2O5/c16-10-4-1-9(2-5-10)3-6-11(17)14-7-12(18)15-8-13(19)20/h1-6,16H,7-8H2,(H,14,17)(H,15,18)(H,19,20)/b6-3+. The van der Waals surface area contributed by atoms with Gasteiger partial charge in [-0.3, -0.25) is 14.4 Å². The zero-order chi connectivity index (χ0) is 15.0. The molecule has 1 aromatic rings. The van der Waals surface area contributed by atoms with Crippen molar-refractivity contribution in [2.45, 2.75) is 0 Å². The number of hydrogen-bond donors (Lipinski definition) is 4. The third-order valence-electron chi connectivity index (χ3n) is 2.18. The van der Waals surface area contributed by atoms with E-state index >= 15 is 0 Å². The number of hydrogen-bond acceptors (Lipinski definition) is 4. The zero-order valence-electron chi connectivity index (χ0n) is 10.5. The van der Waals surface area contributed by atoms with Crippen molar-refractivity contribution in [2.24, 2.45) is 0 Å². The van der Waals surface area contributed by atoms with E-state index in [4.69, 9.17) is 10.2 Å². The van der Waals surface area contributed by atoms with Crippen LogP contribution in [0.2, 0.25) is 0 Å². The van der Waals surface area contributed by atoms with Crippen LogP contribution in [0.1, 0.15) is 5.56 Å². The average molecular weight is 278 g/mol. The Hall–Kier alpha value is -2.83. The van der Waals surface area contributed by atoms with Crippen LogP contribution in [0.5, 0.6) is 5.75 Å². The lowest BCUT2D eigenvalue weighted by atomic mass is 10.2. The molecular formula is C13H14N2O5. The molecule has 106 valence electrons. The van der Waals surface area contributed by atoms with Gasteiger partial charge in [0, 0.05) is 6.08 Å². The van der Waals surface area contributed by atoms with E-state index in [-0.39, 0.29) is 12.3 Å². The smallest absolute Gasteiger partial charge is 0.322 e. The summed E-state index contributed by atoms with van der Waals surface area (Å²) in [6.07, 6.45) is 2.75. The monoisotopic (exact) mass is 278 g/mol. The van der Waals surface area contributed by atoms with E-state index in [2.05, 4.69) is 10.6 Å². The molecular weight excluding hydrogens is 264 g/mol. The summed E-state index contributed by atoms with van der Waals surface area (Å²) in [7, 11) is 0. The first kappa shape index (κ1) is 15.2. The Morgan fingerprint density at radius 1 is 1.05 bits per heavy atom. The van der Waals surface area contributed by atoms with Gasteiger partial charge in [-0.05, 0) is 23.8 Å². The van der Waals surface area contributed by atoms with Crippen LogP contribution in [-0.4, -0.2) is 41.1 Å². The van der Waals surface area contributed by atoms with E-state index in [1.807, 2.05) is 0 Å². The van der Waals surface area contributed by atoms with E-state index < -0.39 is 24.3 Å². The second-order valence-corrected chi connectivity index (χ2v) is 3.81. The van der Waals surface area contributed by atoms with Crippen LogP contribution in [0.3, 0.4) is 0 Å². The summed E-state index contributed by atoms with van der Waals surface area (Å²) in [4.78, 5) is 32.7. The van der Waals surface area contributed by atoms with E-state index in [1.54, 1.807) is 12.1 Å². The van der Waals surface area contributed by atoms with Gasteiger partial charge in [0.2, 0.25) is 11.8 Å². The van der Waals surface area contributed by atoms with Gasteiger partial charge in [0.1, 0.15) is 12.3 Å². The van der Waals surface area contributed by atoms with Crippen LogP contribution in [0.4, 0.5) is 0 Å². The van der Waals surface area contributed by atoms with Crippen molar-refractivity contribution >= 4 is 23.9 Å². The summed E-state index contributed by atoms with van der Waals surface area (Å²) in [5.41, 5.74) is 0.716. The molecule has 0 aromatic heterocycles. The molecule has 0 saturated carbocycles.